The molecule has 0 spiro atoms. The molecule has 1 unspecified atom stereocenters. The third kappa shape index (κ3) is 3.94. The number of halogens is 2. The summed E-state index contributed by atoms with van der Waals surface area (Å²) >= 11 is 9.32. The van der Waals surface area contributed by atoms with Crippen LogP contribution in [0.3, 0.4) is 0 Å². The van der Waals surface area contributed by atoms with Gasteiger partial charge in [-0.05, 0) is 18.9 Å². The van der Waals surface area contributed by atoms with E-state index in [9.17, 15) is 9.90 Å². The summed E-state index contributed by atoms with van der Waals surface area (Å²) in [6.07, 6.45) is -0.279. The molecule has 1 aromatic rings. The molecule has 5 heteroatoms. The van der Waals surface area contributed by atoms with Crippen LogP contribution in [0, 0.1) is 0 Å². The molecule has 19 heavy (non-hydrogen) atoms. The van der Waals surface area contributed by atoms with E-state index in [4.69, 9.17) is 11.6 Å². The van der Waals surface area contributed by atoms with Crippen molar-refractivity contribution in [3.05, 3.63) is 35.9 Å². The number of aliphatic hydroxyl groups excluding tert-OH is 1. The van der Waals surface area contributed by atoms with Gasteiger partial charge in [-0.25, -0.2) is 0 Å². The molecule has 1 aromatic carbocycles. The van der Waals surface area contributed by atoms with E-state index in [1.165, 1.54) is 4.90 Å². The van der Waals surface area contributed by atoms with E-state index in [1.807, 2.05) is 37.3 Å². The normalized spacial score (nSPS) is 17.4. The van der Waals surface area contributed by atoms with Crippen LogP contribution in [-0.2, 0) is 4.79 Å². The summed E-state index contributed by atoms with van der Waals surface area (Å²) in [5.74, 6) is -0.251. The fourth-order valence-corrected chi connectivity index (χ4v) is 2.15. The zero-order valence-corrected chi connectivity index (χ0v) is 13.6. The number of carbonyl (C=O) groups is 1. The standard InChI is InChI=1S/C14H19BrClNO2/c1-4-14(15,16)13(19)17(3)10(2)12(18)11-8-6-5-7-9-11/h5-10,12,18H,4H2,1-3H3/t10-,12-,14?/m0/s1. The molecule has 0 fully saturated rings. The van der Waals surface area contributed by atoms with Crippen LogP contribution in [0.2, 0.25) is 0 Å². The van der Waals surface area contributed by atoms with E-state index in [1.54, 1.807) is 14.0 Å². The molecule has 0 radical (unpaired) electrons. The van der Waals surface area contributed by atoms with Gasteiger partial charge in [0, 0.05) is 7.05 Å². The highest BCUT2D eigenvalue weighted by Crippen LogP contribution is 2.31. The fourth-order valence-electron chi connectivity index (χ4n) is 1.73. The molecular formula is C14H19BrClNO2. The maximum absolute atomic E-state index is 12.2. The number of carbonyl (C=O) groups excluding carboxylic acids is 1. The summed E-state index contributed by atoms with van der Waals surface area (Å²) in [6.45, 7) is 3.62. The Bertz CT molecular complexity index is 425. The molecule has 0 saturated carbocycles. The van der Waals surface area contributed by atoms with Crippen LogP contribution in [0.15, 0.2) is 30.3 Å². The minimum absolute atomic E-state index is 0.251. The Hall–Kier alpha value is -0.580. The predicted octanol–water partition coefficient (Wildman–Crippen LogP) is 3.31. The van der Waals surface area contributed by atoms with Crippen molar-refractivity contribution >= 4 is 33.4 Å². The molecule has 1 rings (SSSR count). The summed E-state index contributed by atoms with van der Waals surface area (Å²) < 4.78 is -1.10. The Morgan fingerprint density at radius 2 is 2.00 bits per heavy atom. The van der Waals surface area contributed by atoms with Gasteiger partial charge in [-0.2, -0.15) is 0 Å². The van der Waals surface area contributed by atoms with Crippen molar-refractivity contribution in [3.63, 3.8) is 0 Å². The number of hydrogen-bond acceptors (Lipinski definition) is 2. The number of rotatable bonds is 5. The topological polar surface area (TPSA) is 40.5 Å². The number of alkyl halides is 2. The molecule has 0 aliphatic heterocycles. The monoisotopic (exact) mass is 347 g/mol. The van der Waals surface area contributed by atoms with Gasteiger partial charge >= 0.3 is 0 Å². The van der Waals surface area contributed by atoms with Gasteiger partial charge in [0.2, 0.25) is 0 Å². The second-order valence-corrected chi connectivity index (χ2v) is 7.03. The molecule has 0 aliphatic rings. The van der Waals surface area contributed by atoms with Crippen molar-refractivity contribution in [3.8, 4) is 0 Å². The molecule has 1 amide bonds. The average Bonchev–Trinajstić information content (AvgIpc) is 2.44. The van der Waals surface area contributed by atoms with Gasteiger partial charge in [-0.3, -0.25) is 4.79 Å². The zero-order valence-electron chi connectivity index (χ0n) is 11.3. The Labute approximate surface area is 127 Å². The summed E-state index contributed by atoms with van der Waals surface area (Å²) in [4.78, 5) is 13.7. The fraction of sp³-hybridized carbons (Fsp3) is 0.500. The largest absolute Gasteiger partial charge is 0.386 e. The molecule has 0 heterocycles. The van der Waals surface area contributed by atoms with Crippen molar-refractivity contribution in [2.75, 3.05) is 7.05 Å². The SMILES string of the molecule is CCC(Cl)(Br)C(=O)N(C)[C@@H](C)[C@H](O)c1ccccc1. The van der Waals surface area contributed by atoms with Gasteiger partial charge in [0.05, 0.1) is 12.1 Å². The Morgan fingerprint density at radius 1 is 1.47 bits per heavy atom. The first-order chi connectivity index (χ1) is 8.81. The lowest BCUT2D eigenvalue weighted by Crippen LogP contribution is -2.46. The van der Waals surface area contributed by atoms with E-state index in [2.05, 4.69) is 15.9 Å². The molecule has 0 saturated heterocycles. The summed E-state index contributed by atoms with van der Waals surface area (Å²) in [5, 5.41) is 10.3. The summed E-state index contributed by atoms with van der Waals surface area (Å²) in [6, 6.07) is 8.90. The molecule has 3 atom stereocenters. The number of hydrogen-bond donors (Lipinski definition) is 1. The molecule has 106 valence electrons. The van der Waals surface area contributed by atoms with Crippen LogP contribution >= 0.6 is 27.5 Å². The van der Waals surface area contributed by atoms with E-state index in [0.717, 1.165) is 5.56 Å². The van der Waals surface area contributed by atoms with Gasteiger partial charge in [-0.1, -0.05) is 64.8 Å². The lowest BCUT2D eigenvalue weighted by atomic mass is 10.0. The van der Waals surface area contributed by atoms with Gasteiger partial charge in [0.1, 0.15) is 0 Å². The Morgan fingerprint density at radius 3 is 2.47 bits per heavy atom. The first-order valence-electron chi connectivity index (χ1n) is 6.19. The molecular weight excluding hydrogens is 330 g/mol. The molecule has 0 aliphatic carbocycles. The Kier molecular flexibility index (Phi) is 5.83. The van der Waals surface area contributed by atoms with Crippen molar-refractivity contribution in [2.24, 2.45) is 0 Å². The van der Waals surface area contributed by atoms with E-state index < -0.39 is 9.89 Å². The second-order valence-electron chi connectivity index (χ2n) is 4.57. The minimum Gasteiger partial charge on any atom is -0.386 e. The molecule has 3 nitrogen and oxygen atoms in total. The van der Waals surface area contributed by atoms with Gasteiger partial charge < -0.3 is 10.0 Å². The highest BCUT2D eigenvalue weighted by atomic mass is 79.9. The van der Waals surface area contributed by atoms with E-state index >= 15 is 0 Å². The lowest BCUT2D eigenvalue weighted by Gasteiger charge is -2.33. The van der Waals surface area contributed by atoms with E-state index in [0.29, 0.717) is 6.42 Å². The number of amides is 1. The van der Waals surface area contributed by atoms with E-state index in [-0.39, 0.29) is 11.9 Å². The van der Waals surface area contributed by atoms with Crippen LogP contribution in [0.1, 0.15) is 31.9 Å². The maximum Gasteiger partial charge on any atom is 0.254 e. The Balaban J connectivity index is 2.83. The van der Waals surface area contributed by atoms with Crippen LogP contribution in [0.4, 0.5) is 0 Å². The minimum atomic E-state index is -1.10. The van der Waals surface area contributed by atoms with Gasteiger partial charge in [0.15, 0.2) is 3.78 Å². The average molecular weight is 349 g/mol. The van der Waals surface area contributed by atoms with Crippen molar-refractivity contribution in [1.82, 2.24) is 4.90 Å². The number of aliphatic hydroxyl groups is 1. The van der Waals surface area contributed by atoms with Crippen LogP contribution in [-0.4, -0.2) is 32.8 Å². The number of likely N-dealkylation sites (N-methyl/N-ethyl adjacent to an activating group) is 1. The number of nitrogens with zero attached hydrogens (tertiary/aromatic N) is 1. The molecule has 0 aromatic heterocycles. The molecule has 1 N–H and O–H groups in total. The first-order valence-corrected chi connectivity index (χ1v) is 7.36. The third-order valence-electron chi connectivity index (χ3n) is 3.29. The summed E-state index contributed by atoms with van der Waals surface area (Å²) in [5.41, 5.74) is 0.779. The van der Waals surface area contributed by atoms with Crippen LogP contribution in [0.25, 0.3) is 0 Å². The summed E-state index contributed by atoms with van der Waals surface area (Å²) in [7, 11) is 1.65. The van der Waals surface area contributed by atoms with Crippen LogP contribution < -0.4 is 0 Å². The number of benzene rings is 1. The smallest absolute Gasteiger partial charge is 0.254 e. The lowest BCUT2D eigenvalue weighted by molar-refractivity contribution is -0.134. The highest BCUT2D eigenvalue weighted by molar-refractivity contribution is 9.10. The highest BCUT2D eigenvalue weighted by Gasteiger charge is 2.36. The van der Waals surface area contributed by atoms with Gasteiger partial charge in [0.25, 0.3) is 5.91 Å². The van der Waals surface area contributed by atoms with Crippen molar-refractivity contribution in [1.29, 1.82) is 0 Å². The third-order valence-corrected chi connectivity index (χ3v) is 4.62. The van der Waals surface area contributed by atoms with Crippen molar-refractivity contribution < 1.29 is 9.90 Å². The van der Waals surface area contributed by atoms with Crippen LogP contribution in [0.5, 0.6) is 0 Å². The second kappa shape index (κ2) is 6.73. The molecule has 0 bridgehead atoms. The zero-order chi connectivity index (χ0) is 14.6. The predicted molar refractivity (Wildman–Crippen MR) is 81.4 cm³/mol. The maximum atomic E-state index is 12.2. The van der Waals surface area contributed by atoms with Crippen molar-refractivity contribution in [2.45, 2.75) is 36.2 Å². The first kappa shape index (κ1) is 16.5. The quantitative estimate of drug-likeness (QED) is 0.829. The van der Waals surface area contributed by atoms with Gasteiger partial charge in [-0.15, -0.1) is 0 Å².